The highest BCUT2D eigenvalue weighted by atomic mass is 35.5. The Morgan fingerprint density at radius 3 is 2.71 bits per heavy atom. The van der Waals surface area contributed by atoms with Crippen LogP contribution in [0.15, 0.2) is 12.4 Å². The normalized spacial score (nSPS) is 15.1. The van der Waals surface area contributed by atoms with Gasteiger partial charge in [-0.3, -0.25) is 0 Å². The molecule has 0 amide bonds. The lowest BCUT2D eigenvalue weighted by molar-refractivity contribution is 0.635. The summed E-state index contributed by atoms with van der Waals surface area (Å²) in [4.78, 5) is 11.3. The van der Waals surface area contributed by atoms with Crippen LogP contribution in [0, 0.1) is 0 Å². The SMILES string of the molecule is CCc1cc2c(C(CC)C(C)Cl)ncnc2s1. The molecule has 0 aliphatic carbocycles. The molecule has 0 aliphatic heterocycles. The molecule has 0 saturated carbocycles. The highest BCUT2D eigenvalue weighted by Crippen LogP contribution is 2.33. The zero-order valence-electron chi connectivity index (χ0n) is 10.4. The number of aromatic nitrogens is 2. The minimum Gasteiger partial charge on any atom is -0.240 e. The number of fused-ring (bicyclic) bond motifs is 1. The number of hydrogen-bond acceptors (Lipinski definition) is 3. The summed E-state index contributed by atoms with van der Waals surface area (Å²) in [6.45, 7) is 6.36. The second-order valence-corrected chi connectivity index (χ2v) is 6.04. The molecule has 0 saturated heterocycles. The van der Waals surface area contributed by atoms with E-state index >= 15 is 0 Å². The monoisotopic (exact) mass is 268 g/mol. The van der Waals surface area contributed by atoms with Crippen LogP contribution >= 0.6 is 22.9 Å². The quantitative estimate of drug-likeness (QED) is 0.770. The molecule has 0 fully saturated rings. The summed E-state index contributed by atoms with van der Waals surface area (Å²) in [5.74, 6) is 0.307. The Bertz CT molecular complexity index is 507. The van der Waals surface area contributed by atoms with Crippen molar-refractivity contribution in [2.75, 3.05) is 0 Å². The van der Waals surface area contributed by atoms with Gasteiger partial charge < -0.3 is 0 Å². The largest absolute Gasteiger partial charge is 0.240 e. The first-order chi connectivity index (χ1) is 8.17. The van der Waals surface area contributed by atoms with E-state index in [9.17, 15) is 0 Å². The standard InChI is InChI=1S/C13H17ClN2S/c1-4-9-6-11-12(10(5-2)8(3)14)15-7-16-13(11)17-9/h6-8,10H,4-5H2,1-3H3. The molecule has 2 heterocycles. The second-order valence-electron chi connectivity index (χ2n) is 4.24. The van der Waals surface area contributed by atoms with E-state index in [0.29, 0.717) is 5.92 Å². The van der Waals surface area contributed by atoms with E-state index in [2.05, 4.69) is 29.9 Å². The summed E-state index contributed by atoms with van der Waals surface area (Å²) in [6, 6.07) is 2.22. The third kappa shape index (κ3) is 2.45. The zero-order valence-corrected chi connectivity index (χ0v) is 12.0. The van der Waals surface area contributed by atoms with Crippen LogP contribution < -0.4 is 0 Å². The number of hydrogen-bond donors (Lipinski definition) is 0. The Balaban J connectivity index is 2.56. The van der Waals surface area contributed by atoms with Gasteiger partial charge in [-0.05, 0) is 25.8 Å². The van der Waals surface area contributed by atoms with Gasteiger partial charge in [0.25, 0.3) is 0 Å². The third-order valence-corrected chi connectivity index (χ3v) is 4.60. The summed E-state index contributed by atoms with van der Waals surface area (Å²) in [5.41, 5.74) is 1.11. The predicted molar refractivity (Wildman–Crippen MR) is 75.1 cm³/mol. The maximum atomic E-state index is 6.26. The van der Waals surface area contributed by atoms with Crippen LogP contribution in [0.5, 0.6) is 0 Å². The molecular weight excluding hydrogens is 252 g/mol. The van der Waals surface area contributed by atoms with Crippen molar-refractivity contribution in [2.24, 2.45) is 0 Å². The fraction of sp³-hybridized carbons (Fsp3) is 0.538. The Hall–Kier alpha value is -0.670. The molecule has 0 bridgehead atoms. The molecule has 0 N–H and O–H groups in total. The molecule has 92 valence electrons. The summed E-state index contributed by atoms with van der Waals surface area (Å²) in [7, 11) is 0. The van der Waals surface area contributed by atoms with Gasteiger partial charge in [0.1, 0.15) is 11.2 Å². The van der Waals surface area contributed by atoms with Crippen LogP contribution in [0.25, 0.3) is 10.2 Å². The van der Waals surface area contributed by atoms with Gasteiger partial charge in [0, 0.05) is 21.6 Å². The predicted octanol–water partition coefficient (Wildman–Crippen LogP) is 4.37. The van der Waals surface area contributed by atoms with Crippen molar-refractivity contribution in [2.45, 2.75) is 44.9 Å². The molecule has 2 nitrogen and oxygen atoms in total. The first-order valence-corrected chi connectivity index (χ1v) is 7.30. The highest BCUT2D eigenvalue weighted by Gasteiger charge is 2.20. The second kappa shape index (κ2) is 5.32. The van der Waals surface area contributed by atoms with Gasteiger partial charge in [-0.2, -0.15) is 0 Å². The van der Waals surface area contributed by atoms with E-state index in [1.54, 1.807) is 17.7 Å². The van der Waals surface area contributed by atoms with Crippen molar-refractivity contribution in [3.63, 3.8) is 0 Å². The highest BCUT2D eigenvalue weighted by molar-refractivity contribution is 7.18. The van der Waals surface area contributed by atoms with E-state index < -0.39 is 0 Å². The summed E-state index contributed by atoms with van der Waals surface area (Å²) in [5, 5.41) is 1.29. The molecule has 0 aromatic carbocycles. The molecule has 2 unspecified atom stereocenters. The molecule has 2 atom stereocenters. The Morgan fingerprint density at radius 1 is 1.35 bits per heavy atom. The number of rotatable bonds is 4. The number of halogens is 1. The molecule has 0 aliphatic rings. The number of alkyl halides is 1. The van der Waals surface area contributed by atoms with Crippen LogP contribution in [0.2, 0.25) is 0 Å². The lowest BCUT2D eigenvalue weighted by atomic mass is 9.96. The fourth-order valence-electron chi connectivity index (χ4n) is 2.13. The topological polar surface area (TPSA) is 25.8 Å². The van der Waals surface area contributed by atoms with E-state index in [4.69, 9.17) is 11.6 Å². The maximum Gasteiger partial charge on any atom is 0.127 e. The molecule has 0 spiro atoms. The van der Waals surface area contributed by atoms with Crippen molar-refractivity contribution < 1.29 is 0 Å². The van der Waals surface area contributed by atoms with Crippen molar-refractivity contribution in [3.05, 3.63) is 23.0 Å². The number of aryl methyl sites for hydroxylation is 1. The first kappa shape index (κ1) is 12.8. The van der Waals surface area contributed by atoms with Crippen molar-refractivity contribution in [1.82, 2.24) is 9.97 Å². The maximum absolute atomic E-state index is 6.26. The van der Waals surface area contributed by atoms with Gasteiger partial charge in [0.05, 0.1) is 5.69 Å². The minimum atomic E-state index is 0.100. The van der Waals surface area contributed by atoms with Crippen LogP contribution in [0.1, 0.15) is 43.7 Å². The van der Waals surface area contributed by atoms with E-state index in [1.807, 2.05) is 6.92 Å². The van der Waals surface area contributed by atoms with E-state index in [-0.39, 0.29) is 5.38 Å². The summed E-state index contributed by atoms with van der Waals surface area (Å²) in [6.07, 6.45) is 3.72. The minimum absolute atomic E-state index is 0.100. The van der Waals surface area contributed by atoms with Crippen LogP contribution in [0.3, 0.4) is 0 Å². The molecule has 2 aromatic heterocycles. The zero-order chi connectivity index (χ0) is 12.4. The molecule has 17 heavy (non-hydrogen) atoms. The molecular formula is C13H17ClN2S. The average molecular weight is 269 g/mol. The van der Waals surface area contributed by atoms with Crippen LogP contribution in [0.4, 0.5) is 0 Å². The Kier molecular flexibility index (Phi) is 4.00. The Morgan fingerprint density at radius 2 is 2.12 bits per heavy atom. The van der Waals surface area contributed by atoms with Crippen LogP contribution in [-0.4, -0.2) is 15.3 Å². The van der Waals surface area contributed by atoms with Crippen molar-refractivity contribution in [3.8, 4) is 0 Å². The van der Waals surface area contributed by atoms with Gasteiger partial charge in [-0.15, -0.1) is 22.9 Å². The van der Waals surface area contributed by atoms with Gasteiger partial charge in [0.15, 0.2) is 0 Å². The van der Waals surface area contributed by atoms with E-state index in [1.165, 1.54) is 10.3 Å². The van der Waals surface area contributed by atoms with Crippen molar-refractivity contribution >= 4 is 33.2 Å². The smallest absolute Gasteiger partial charge is 0.127 e. The van der Waals surface area contributed by atoms with Crippen molar-refractivity contribution in [1.29, 1.82) is 0 Å². The van der Waals surface area contributed by atoms with Crippen LogP contribution in [-0.2, 0) is 6.42 Å². The molecule has 2 rings (SSSR count). The molecule has 0 radical (unpaired) electrons. The summed E-state index contributed by atoms with van der Waals surface area (Å²) >= 11 is 8.02. The fourth-order valence-corrected chi connectivity index (χ4v) is 3.37. The average Bonchev–Trinajstić information content (AvgIpc) is 2.73. The molecule has 4 heteroatoms. The third-order valence-electron chi connectivity index (χ3n) is 3.11. The van der Waals surface area contributed by atoms with Gasteiger partial charge >= 0.3 is 0 Å². The molecule has 2 aromatic rings. The lowest BCUT2D eigenvalue weighted by Crippen LogP contribution is -2.10. The number of thiophene rings is 1. The van der Waals surface area contributed by atoms with Gasteiger partial charge in [0.2, 0.25) is 0 Å². The van der Waals surface area contributed by atoms with Gasteiger partial charge in [-0.25, -0.2) is 9.97 Å². The lowest BCUT2D eigenvalue weighted by Gasteiger charge is -2.17. The first-order valence-electron chi connectivity index (χ1n) is 6.04. The summed E-state index contributed by atoms with van der Waals surface area (Å²) < 4.78 is 0. The number of nitrogens with zero attached hydrogens (tertiary/aromatic N) is 2. The van der Waals surface area contributed by atoms with E-state index in [0.717, 1.165) is 23.4 Å². The Labute approximate surface area is 111 Å². The van der Waals surface area contributed by atoms with Gasteiger partial charge in [-0.1, -0.05) is 13.8 Å².